The third-order valence-corrected chi connectivity index (χ3v) is 3.09. The molecule has 1 aliphatic rings. The van der Waals surface area contributed by atoms with Crippen molar-refractivity contribution in [3.8, 4) is 0 Å². The van der Waals surface area contributed by atoms with Crippen LogP contribution in [-0.2, 0) is 0 Å². The highest BCUT2D eigenvalue weighted by Gasteiger charge is 2.33. The van der Waals surface area contributed by atoms with Gasteiger partial charge in [-0.2, -0.15) is 0 Å². The molecule has 0 saturated heterocycles. The van der Waals surface area contributed by atoms with Crippen LogP contribution >= 0.6 is 0 Å². The third-order valence-electron chi connectivity index (χ3n) is 3.09. The molecule has 0 radical (unpaired) electrons. The third kappa shape index (κ3) is 2.65. The minimum Gasteiger partial charge on any atom is -0.396 e. The first-order valence-electron chi connectivity index (χ1n) is 5.63. The zero-order valence-electron chi connectivity index (χ0n) is 9.59. The van der Waals surface area contributed by atoms with Gasteiger partial charge in [0, 0.05) is 24.6 Å². The van der Waals surface area contributed by atoms with E-state index in [1.807, 2.05) is 0 Å². The van der Waals surface area contributed by atoms with Gasteiger partial charge in [0.15, 0.2) is 5.69 Å². The molecule has 0 unspecified atom stereocenters. The summed E-state index contributed by atoms with van der Waals surface area (Å²) in [5.74, 6) is 0.117. The lowest BCUT2D eigenvalue weighted by molar-refractivity contribution is 0.0902. The molecule has 0 bridgehead atoms. The standard InChI is InChI=1S/C11H16N2O4/c1-6-2-9(13-17-6)11(16)12-8-3-7(5-14)10(15)4-8/h2,7-8,10,14-15H,3-5H2,1H3,(H,12,16)/t7-,8+,10+/m1/s1. The van der Waals surface area contributed by atoms with Crippen LogP contribution in [0.5, 0.6) is 0 Å². The average molecular weight is 240 g/mol. The minimum absolute atomic E-state index is 0.0589. The number of aliphatic hydroxyl groups excluding tert-OH is 2. The van der Waals surface area contributed by atoms with Crippen molar-refractivity contribution >= 4 is 5.91 Å². The molecule has 1 saturated carbocycles. The maximum Gasteiger partial charge on any atom is 0.273 e. The Bertz CT molecular complexity index is 404. The Balaban J connectivity index is 1.92. The monoisotopic (exact) mass is 240 g/mol. The topological polar surface area (TPSA) is 95.6 Å². The molecule has 1 fully saturated rings. The molecule has 1 aliphatic carbocycles. The van der Waals surface area contributed by atoms with E-state index in [2.05, 4.69) is 10.5 Å². The van der Waals surface area contributed by atoms with Gasteiger partial charge in [-0.25, -0.2) is 0 Å². The second kappa shape index (κ2) is 4.85. The number of nitrogens with zero attached hydrogens (tertiary/aromatic N) is 1. The Morgan fingerprint density at radius 3 is 2.94 bits per heavy atom. The largest absolute Gasteiger partial charge is 0.396 e. The van der Waals surface area contributed by atoms with Crippen molar-refractivity contribution in [2.45, 2.75) is 31.9 Å². The molecule has 94 valence electrons. The van der Waals surface area contributed by atoms with Gasteiger partial charge < -0.3 is 20.1 Å². The van der Waals surface area contributed by atoms with Crippen LogP contribution in [-0.4, -0.2) is 40.0 Å². The summed E-state index contributed by atoms with van der Waals surface area (Å²) >= 11 is 0. The number of amides is 1. The van der Waals surface area contributed by atoms with E-state index in [9.17, 15) is 9.90 Å². The van der Waals surface area contributed by atoms with Crippen LogP contribution in [0.3, 0.4) is 0 Å². The van der Waals surface area contributed by atoms with Crippen molar-refractivity contribution in [1.29, 1.82) is 0 Å². The maximum absolute atomic E-state index is 11.7. The summed E-state index contributed by atoms with van der Waals surface area (Å²) in [6.07, 6.45) is 0.498. The van der Waals surface area contributed by atoms with E-state index in [0.29, 0.717) is 18.6 Å². The summed E-state index contributed by atoms with van der Waals surface area (Å²) in [7, 11) is 0. The Labute approximate surface area is 98.6 Å². The first-order chi connectivity index (χ1) is 8.10. The lowest BCUT2D eigenvalue weighted by Crippen LogP contribution is -2.33. The molecule has 1 aromatic rings. The number of aliphatic hydroxyl groups is 2. The molecule has 3 N–H and O–H groups in total. The Morgan fingerprint density at radius 1 is 1.65 bits per heavy atom. The molecule has 0 aliphatic heterocycles. The second-order valence-electron chi connectivity index (χ2n) is 4.47. The fourth-order valence-corrected chi connectivity index (χ4v) is 2.15. The summed E-state index contributed by atoms with van der Waals surface area (Å²) in [5, 5.41) is 25.0. The van der Waals surface area contributed by atoms with Gasteiger partial charge in [-0.15, -0.1) is 0 Å². The SMILES string of the molecule is Cc1cc(C(=O)N[C@H]2C[C@H](CO)[C@@H](O)C2)no1. The van der Waals surface area contributed by atoms with Gasteiger partial charge >= 0.3 is 0 Å². The van der Waals surface area contributed by atoms with E-state index in [-0.39, 0.29) is 30.2 Å². The highest BCUT2D eigenvalue weighted by molar-refractivity contribution is 5.92. The molecule has 0 spiro atoms. The molecule has 1 amide bonds. The van der Waals surface area contributed by atoms with E-state index in [0.717, 1.165) is 0 Å². The number of rotatable bonds is 3. The van der Waals surface area contributed by atoms with Crippen LogP contribution in [0, 0.1) is 12.8 Å². The summed E-state index contributed by atoms with van der Waals surface area (Å²) in [5.41, 5.74) is 0.240. The Kier molecular flexibility index (Phi) is 3.44. The molecule has 1 heterocycles. The molecular formula is C11H16N2O4. The fourth-order valence-electron chi connectivity index (χ4n) is 2.15. The van der Waals surface area contributed by atoms with Crippen molar-refractivity contribution in [3.05, 3.63) is 17.5 Å². The summed E-state index contributed by atoms with van der Waals surface area (Å²) in [6, 6.07) is 1.44. The number of nitrogens with one attached hydrogen (secondary N) is 1. The average Bonchev–Trinajstić information content (AvgIpc) is 2.85. The zero-order chi connectivity index (χ0) is 12.4. The molecule has 2 rings (SSSR count). The Morgan fingerprint density at radius 2 is 2.41 bits per heavy atom. The quantitative estimate of drug-likeness (QED) is 0.682. The van der Waals surface area contributed by atoms with E-state index >= 15 is 0 Å². The van der Waals surface area contributed by atoms with E-state index in [1.54, 1.807) is 13.0 Å². The van der Waals surface area contributed by atoms with E-state index in [4.69, 9.17) is 9.63 Å². The van der Waals surface area contributed by atoms with Crippen molar-refractivity contribution in [3.63, 3.8) is 0 Å². The minimum atomic E-state index is -0.552. The van der Waals surface area contributed by atoms with Crippen molar-refractivity contribution in [2.24, 2.45) is 5.92 Å². The number of aryl methyl sites for hydroxylation is 1. The van der Waals surface area contributed by atoms with Gasteiger partial charge in [-0.3, -0.25) is 4.79 Å². The Hall–Kier alpha value is -1.40. The van der Waals surface area contributed by atoms with Crippen molar-refractivity contribution in [2.75, 3.05) is 6.61 Å². The van der Waals surface area contributed by atoms with Crippen LogP contribution in [0.4, 0.5) is 0 Å². The smallest absolute Gasteiger partial charge is 0.273 e. The molecule has 0 aromatic carbocycles. The lowest BCUT2D eigenvalue weighted by Gasteiger charge is -2.10. The first-order valence-corrected chi connectivity index (χ1v) is 5.63. The maximum atomic E-state index is 11.7. The van der Waals surface area contributed by atoms with Gasteiger partial charge in [0.25, 0.3) is 5.91 Å². The van der Waals surface area contributed by atoms with E-state index in [1.165, 1.54) is 0 Å². The van der Waals surface area contributed by atoms with Crippen LogP contribution in [0.1, 0.15) is 29.1 Å². The van der Waals surface area contributed by atoms with Gasteiger partial charge in [0.2, 0.25) is 0 Å². The van der Waals surface area contributed by atoms with Gasteiger partial charge in [0.1, 0.15) is 5.76 Å². The highest BCUT2D eigenvalue weighted by atomic mass is 16.5. The summed E-state index contributed by atoms with van der Waals surface area (Å²) in [4.78, 5) is 11.7. The molecule has 3 atom stereocenters. The molecule has 1 aromatic heterocycles. The number of hydrogen-bond donors (Lipinski definition) is 3. The van der Waals surface area contributed by atoms with Crippen molar-refractivity contribution < 1.29 is 19.5 Å². The predicted octanol–water partition coefficient (Wildman–Crippen LogP) is -0.155. The zero-order valence-corrected chi connectivity index (χ0v) is 9.59. The van der Waals surface area contributed by atoms with E-state index < -0.39 is 6.10 Å². The number of carbonyl (C=O) groups is 1. The molecule has 6 nitrogen and oxygen atoms in total. The first kappa shape index (κ1) is 12.1. The number of carbonyl (C=O) groups excluding carboxylic acids is 1. The normalized spacial score (nSPS) is 28.3. The predicted molar refractivity (Wildman–Crippen MR) is 58.3 cm³/mol. The van der Waals surface area contributed by atoms with Gasteiger partial charge in [0.05, 0.1) is 6.10 Å². The van der Waals surface area contributed by atoms with Crippen molar-refractivity contribution in [1.82, 2.24) is 10.5 Å². The van der Waals surface area contributed by atoms with Crippen LogP contribution in [0.25, 0.3) is 0 Å². The summed E-state index contributed by atoms with van der Waals surface area (Å²) in [6.45, 7) is 1.65. The van der Waals surface area contributed by atoms with Gasteiger partial charge in [-0.1, -0.05) is 5.16 Å². The highest BCUT2D eigenvalue weighted by Crippen LogP contribution is 2.25. The van der Waals surface area contributed by atoms with Crippen LogP contribution < -0.4 is 5.32 Å². The second-order valence-corrected chi connectivity index (χ2v) is 4.47. The van der Waals surface area contributed by atoms with Gasteiger partial charge in [-0.05, 0) is 19.8 Å². The molecule has 17 heavy (non-hydrogen) atoms. The lowest BCUT2D eigenvalue weighted by atomic mass is 10.1. The van der Waals surface area contributed by atoms with Crippen LogP contribution in [0.2, 0.25) is 0 Å². The van der Waals surface area contributed by atoms with Crippen LogP contribution in [0.15, 0.2) is 10.6 Å². The molecular weight excluding hydrogens is 224 g/mol. The number of aromatic nitrogens is 1. The molecule has 6 heteroatoms. The summed E-state index contributed by atoms with van der Waals surface area (Å²) < 4.78 is 4.81. The fraction of sp³-hybridized carbons (Fsp3) is 0.636. The number of hydrogen-bond acceptors (Lipinski definition) is 5.